The van der Waals surface area contributed by atoms with Gasteiger partial charge >= 0.3 is 6.18 Å². The van der Waals surface area contributed by atoms with E-state index in [-0.39, 0.29) is 5.56 Å². The molecule has 1 aliphatic heterocycles. The van der Waals surface area contributed by atoms with Crippen molar-refractivity contribution < 1.29 is 22.7 Å². The maximum atomic E-state index is 12.9. The van der Waals surface area contributed by atoms with Crippen molar-refractivity contribution in [2.24, 2.45) is 0 Å². The van der Waals surface area contributed by atoms with Crippen LogP contribution < -0.4 is 15.0 Å². The molecule has 0 radical (unpaired) electrons. The highest BCUT2D eigenvalue weighted by Gasteiger charge is 2.31. The van der Waals surface area contributed by atoms with E-state index in [0.29, 0.717) is 5.69 Å². The molecule has 1 aromatic heterocycles. The van der Waals surface area contributed by atoms with Crippen LogP contribution in [0.15, 0.2) is 66.9 Å². The summed E-state index contributed by atoms with van der Waals surface area (Å²) < 4.78 is 43.9. The number of anilines is 2. The summed E-state index contributed by atoms with van der Waals surface area (Å²) in [5.74, 6) is 1.02. The van der Waals surface area contributed by atoms with Gasteiger partial charge in [-0.05, 0) is 48.0 Å². The Morgan fingerprint density at radius 2 is 1.76 bits per heavy atom. The van der Waals surface area contributed by atoms with Gasteiger partial charge in [0.05, 0.1) is 24.6 Å². The summed E-state index contributed by atoms with van der Waals surface area (Å²) in [6.07, 6.45) is -2.98. The number of methoxy groups -OCH3 is 1. The summed E-state index contributed by atoms with van der Waals surface area (Å²) >= 11 is 0. The van der Waals surface area contributed by atoms with Gasteiger partial charge in [-0.1, -0.05) is 18.2 Å². The fraction of sp³-hybridized carbons (Fsp3) is 0.280. The van der Waals surface area contributed by atoms with E-state index in [1.165, 1.54) is 23.9 Å². The molecule has 1 amide bonds. The Labute approximate surface area is 196 Å². The summed E-state index contributed by atoms with van der Waals surface area (Å²) in [5.41, 5.74) is 0.726. The Balaban J connectivity index is 1.30. The first-order chi connectivity index (χ1) is 16.3. The number of nitrogens with one attached hydrogen (secondary N) is 1. The third-order valence-corrected chi connectivity index (χ3v) is 5.72. The highest BCUT2D eigenvalue weighted by Crippen LogP contribution is 2.29. The molecular weight excluding hydrogens is 445 g/mol. The van der Waals surface area contributed by atoms with E-state index in [1.807, 2.05) is 12.1 Å². The third kappa shape index (κ3) is 5.85. The quantitative estimate of drug-likeness (QED) is 0.567. The SMILES string of the molecule is COc1ccc(CN2CCN(c3ccc(NC(=O)c4cccc(C(F)(F)F)c4)cn3)CC2)cc1. The van der Waals surface area contributed by atoms with E-state index < -0.39 is 17.6 Å². The zero-order valence-electron chi connectivity index (χ0n) is 18.7. The van der Waals surface area contributed by atoms with Gasteiger partial charge in [-0.25, -0.2) is 4.98 Å². The van der Waals surface area contributed by atoms with Crippen LogP contribution in [0.3, 0.4) is 0 Å². The number of nitrogens with zero attached hydrogens (tertiary/aromatic N) is 3. The zero-order valence-corrected chi connectivity index (χ0v) is 18.7. The lowest BCUT2D eigenvalue weighted by Gasteiger charge is -2.35. The minimum absolute atomic E-state index is 0.0631. The molecule has 6 nitrogen and oxygen atoms in total. The van der Waals surface area contributed by atoms with Crippen molar-refractivity contribution in [1.29, 1.82) is 0 Å². The van der Waals surface area contributed by atoms with Crippen LogP contribution >= 0.6 is 0 Å². The van der Waals surface area contributed by atoms with Gasteiger partial charge in [0.2, 0.25) is 0 Å². The molecular formula is C25H25F3N4O2. The molecule has 0 aliphatic carbocycles. The molecule has 0 saturated carbocycles. The first kappa shape index (κ1) is 23.6. The van der Waals surface area contributed by atoms with Crippen molar-refractivity contribution in [3.63, 3.8) is 0 Å². The number of carbonyl (C=O) groups excluding carboxylic acids is 1. The largest absolute Gasteiger partial charge is 0.497 e. The van der Waals surface area contributed by atoms with Gasteiger partial charge in [-0.15, -0.1) is 0 Å². The number of aromatic nitrogens is 1. The molecule has 0 bridgehead atoms. The number of hydrogen-bond donors (Lipinski definition) is 1. The van der Waals surface area contributed by atoms with Crippen molar-refractivity contribution in [3.05, 3.63) is 83.6 Å². The summed E-state index contributed by atoms with van der Waals surface area (Å²) in [4.78, 5) is 21.4. The van der Waals surface area contributed by atoms with Crippen LogP contribution in [0.1, 0.15) is 21.5 Å². The predicted molar refractivity (Wildman–Crippen MR) is 124 cm³/mol. The van der Waals surface area contributed by atoms with Crippen LogP contribution in [0, 0.1) is 0 Å². The Morgan fingerprint density at radius 1 is 1.03 bits per heavy atom. The first-order valence-corrected chi connectivity index (χ1v) is 10.9. The standard InChI is InChI=1S/C25H25F3N4O2/c1-34-22-8-5-18(6-9-22)17-31-11-13-32(14-12-31)23-10-7-21(16-29-23)30-24(33)19-3-2-4-20(15-19)25(26,27)28/h2-10,15-16H,11-14,17H2,1H3,(H,30,33). The molecule has 3 aromatic rings. The summed E-state index contributed by atoms with van der Waals surface area (Å²) in [7, 11) is 1.65. The van der Waals surface area contributed by atoms with Gasteiger partial charge in [0.1, 0.15) is 11.6 Å². The normalized spacial score (nSPS) is 14.6. The Bertz CT molecular complexity index is 1110. The lowest BCUT2D eigenvalue weighted by Crippen LogP contribution is -2.46. The van der Waals surface area contributed by atoms with Gasteiger partial charge in [0.25, 0.3) is 5.91 Å². The first-order valence-electron chi connectivity index (χ1n) is 10.9. The summed E-state index contributed by atoms with van der Waals surface area (Å²) in [5, 5.41) is 2.61. The number of rotatable bonds is 6. The Kier molecular flexibility index (Phi) is 7.02. The summed E-state index contributed by atoms with van der Waals surface area (Å²) in [6, 6.07) is 15.9. The molecule has 178 valence electrons. The zero-order chi connectivity index (χ0) is 24.1. The predicted octanol–water partition coefficient (Wildman–Crippen LogP) is 4.68. The van der Waals surface area contributed by atoms with Crippen LogP contribution in [-0.2, 0) is 12.7 Å². The van der Waals surface area contributed by atoms with Crippen molar-refractivity contribution in [2.75, 3.05) is 43.5 Å². The number of alkyl halides is 3. The van der Waals surface area contributed by atoms with Gasteiger partial charge in [0, 0.05) is 38.3 Å². The van der Waals surface area contributed by atoms with Crippen molar-refractivity contribution in [2.45, 2.75) is 12.7 Å². The molecule has 34 heavy (non-hydrogen) atoms. The molecule has 1 fully saturated rings. The van der Waals surface area contributed by atoms with E-state index in [9.17, 15) is 18.0 Å². The van der Waals surface area contributed by atoms with Crippen LogP contribution in [0.5, 0.6) is 5.75 Å². The minimum Gasteiger partial charge on any atom is -0.497 e. The molecule has 0 unspecified atom stereocenters. The number of ether oxygens (including phenoxy) is 1. The molecule has 4 rings (SSSR count). The highest BCUT2D eigenvalue weighted by atomic mass is 19.4. The summed E-state index contributed by atoms with van der Waals surface area (Å²) in [6.45, 7) is 4.29. The van der Waals surface area contributed by atoms with Gasteiger partial charge in [0.15, 0.2) is 0 Å². The second-order valence-corrected chi connectivity index (χ2v) is 8.05. The van der Waals surface area contributed by atoms with E-state index >= 15 is 0 Å². The molecule has 9 heteroatoms. The maximum absolute atomic E-state index is 12.9. The van der Waals surface area contributed by atoms with Crippen LogP contribution in [0.25, 0.3) is 0 Å². The van der Waals surface area contributed by atoms with Crippen molar-refractivity contribution in [1.82, 2.24) is 9.88 Å². The van der Waals surface area contributed by atoms with Gasteiger partial charge < -0.3 is 15.0 Å². The number of carbonyl (C=O) groups is 1. The van der Waals surface area contributed by atoms with Crippen LogP contribution in [-0.4, -0.2) is 49.1 Å². The number of hydrogen-bond acceptors (Lipinski definition) is 5. The molecule has 0 spiro atoms. The Morgan fingerprint density at radius 3 is 2.38 bits per heavy atom. The third-order valence-electron chi connectivity index (χ3n) is 5.72. The smallest absolute Gasteiger partial charge is 0.416 e. The Hall–Kier alpha value is -3.59. The average molecular weight is 470 g/mol. The second kappa shape index (κ2) is 10.1. The molecule has 1 N–H and O–H groups in total. The lowest BCUT2D eigenvalue weighted by molar-refractivity contribution is -0.137. The van der Waals surface area contributed by atoms with E-state index in [4.69, 9.17) is 4.74 Å². The van der Waals surface area contributed by atoms with Crippen LogP contribution in [0.4, 0.5) is 24.7 Å². The van der Waals surface area contributed by atoms with Crippen LogP contribution in [0.2, 0.25) is 0 Å². The number of pyridine rings is 1. The number of benzene rings is 2. The fourth-order valence-electron chi connectivity index (χ4n) is 3.81. The maximum Gasteiger partial charge on any atom is 0.416 e. The van der Waals surface area contributed by atoms with E-state index in [0.717, 1.165) is 56.4 Å². The topological polar surface area (TPSA) is 57.7 Å². The van der Waals surface area contributed by atoms with Gasteiger partial charge in [-0.2, -0.15) is 13.2 Å². The number of amides is 1. The number of halogens is 3. The van der Waals surface area contributed by atoms with Crippen molar-refractivity contribution >= 4 is 17.4 Å². The monoisotopic (exact) mass is 470 g/mol. The lowest BCUT2D eigenvalue weighted by atomic mass is 10.1. The highest BCUT2D eigenvalue weighted by molar-refractivity contribution is 6.04. The van der Waals surface area contributed by atoms with E-state index in [1.54, 1.807) is 19.2 Å². The molecule has 2 heterocycles. The molecule has 0 atom stereocenters. The average Bonchev–Trinajstić information content (AvgIpc) is 2.85. The minimum atomic E-state index is -4.50. The molecule has 2 aromatic carbocycles. The molecule has 1 aliphatic rings. The number of piperazine rings is 1. The van der Waals surface area contributed by atoms with Gasteiger partial charge in [-0.3, -0.25) is 9.69 Å². The second-order valence-electron chi connectivity index (χ2n) is 8.05. The van der Waals surface area contributed by atoms with Crippen molar-refractivity contribution in [3.8, 4) is 5.75 Å². The fourth-order valence-corrected chi connectivity index (χ4v) is 3.81. The molecule has 1 saturated heterocycles. The van der Waals surface area contributed by atoms with E-state index in [2.05, 4.69) is 32.2 Å².